The van der Waals surface area contributed by atoms with Crippen molar-refractivity contribution in [1.82, 2.24) is 4.90 Å². The first-order valence-corrected chi connectivity index (χ1v) is 6.58. The molecular formula is C13H18BrNO. The number of benzene rings is 1. The van der Waals surface area contributed by atoms with Crippen LogP contribution in [0.2, 0.25) is 0 Å². The van der Waals surface area contributed by atoms with Gasteiger partial charge in [0, 0.05) is 16.9 Å². The number of aliphatic hydroxyl groups is 1. The molecule has 0 aromatic heterocycles. The van der Waals surface area contributed by atoms with Gasteiger partial charge in [0.2, 0.25) is 0 Å². The van der Waals surface area contributed by atoms with Gasteiger partial charge in [0.05, 0.1) is 6.10 Å². The van der Waals surface area contributed by atoms with E-state index in [0.29, 0.717) is 5.92 Å². The number of hydrogen-bond acceptors (Lipinski definition) is 2. The third-order valence-corrected chi connectivity index (χ3v) is 3.85. The van der Waals surface area contributed by atoms with Crippen LogP contribution >= 0.6 is 15.9 Å². The van der Waals surface area contributed by atoms with Crippen molar-refractivity contribution < 1.29 is 5.11 Å². The van der Waals surface area contributed by atoms with Crippen molar-refractivity contribution >= 4 is 15.9 Å². The summed E-state index contributed by atoms with van der Waals surface area (Å²) in [5.41, 5.74) is 1.03. The van der Waals surface area contributed by atoms with E-state index in [4.69, 9.17) is 0 Å². The Morgan fingerprint density at radius 1 is 1.38 bits per heavy atom. The maximum absolute atomic E-state index is 10.3. The van der Waals surface area contributed by atoms with Gasteiger partial charge in [0.25, 0.3) is 0 Å². The van der Waals surface area contributed by atoms with Crippen LogP contribution in [0, 0.1) is 5.92 Å². The molecule has 2 atom stereocenters. The Hall–Kier alpha value is -0.380. The summed E-state index contributed by atoms with van der Waals surface area (Å²) in [7, 11) is 2.13. The number of aliphatic hydroxyl groups excluding tert-OH is 1. The van der Waals surface area contributed by atoms with E-state index in [1.54, 1.807) is 0 Å². The summed E-state index contributed by atoms with van der Waals surface area (Å²) in [6.07, 6.45) is 1.99. The van der Waals surface area contributed by atoms with Gasteiger partial charge >= 0.3 is 0 Å². The molecule has 2 nitrogen and oxygen atoms in total. The fraction of sp³-hybridized carbons (Fsp3) is 0.538. The van der Waals surface area contributed by atoms with Gasteiger partial charge in [-0.1, -0.05) is 28.1 Å². The van der Waals surface area contributed by atoms with E-state index in [2.05, 4.69) is 27.9 Å². The average molecular weight is 284 g/mol. The second-order valence-electron chi connectivity index (χ2n) is 4.66. The Bertz CT molecular complexity index is 338. The lowest BCUT2D eigenvalue weighted by molar-refractivity contribution is 0.0592. The summed E-state index contributed by atoms with van der Waals surface area (Å²) in [6, 6.07) is 7.99. The van der Waals surface area contributed by atoms with Crippen molar-refractivity contribution in [2.75, 3.05) is 20.1 Å². The summed E-state index contributed by atoms with van der Waals surface area (Å²) in [5.74, 6) is 0.375. The van der Waals surface area contributed by atoms with Gasteiger partial charge in [-0.25, -0.2) is 0 Å². The molecule has 0 amide bonds. The Morgan fingerprint density at radius 2 is 2.06 bits per heavy atom. The second kappa shape index (κ2) is 5.30. The molecule has 1 aromatic rings. The highest BCUT2D eigenvalue weighted by molar-refractivity contribution is 9.10. The van der Waals surface area contributed by atoms with Crippen molar-refractivity contribution in [3.8, 4) is 0 Å². The number of nitrogens with zero attached hydrogens (tertiary/aromatic N) is 1. The van der Waals surface area contributed by atoms with Crippen LogP contribution in [0.15, 0.2) is 28.7 Å². The fourth-order valence-corrected chi connectivity index (χ4v) is 2.66. The van der Waals surface area contributed by atoms with E-state index in [1.807, 2.05) is 24.3 Å². The van der Waals surface area contributed by atoms with Crippen LogP contribution in [-0.4, -0.2) is 30.1 Å². The molecule has 1 aliphatic rings. The molecule has 1 aromatic carbocycles. The van der Waals surface area contributed by atoms with Crippen LogP contribution in [0.5, 0.6) is 0 Å². The molecule has 1 fully saturated rings. The van der Waals surface area contributed by atoms with Gasteiger partial charge in [0.15, 0.2) is 0 Å². The Labute approximate surface area is 105 Å². The third-order valence-electron chi connectivity index (χ3n) is 3.32. The molecule has 1 heterocycles. The Balaban J connectivity index is 2.06. The topological polar surface area (TPSA) is 23.5 Å². The highest BCUT2D eigenvalue weighted by Crippen LogP contribution is 2.29. The molecule has 0 saturated carbocycles. The van der Waals surface area contributed by atoms with Crippen LogP contribution in [0.3, 0.4) is 0 Å². The number of halogens is 1. The van der Waals surface area contributed by atoms with Crippen molar-refractivity contribution in [3.05, 3.63) is 34.3 Å². The van der Waals surface area contributed by atoms with Gasteiger partial charge in [0.1, 0.15) is 0 Å². The van der Waals surface area contributed by atoms with E-state index in [1.165, 1.54) is 6.42 Å². The fourth-order valence-electron chi connectivity index (χ4n) is 2.40. The zero-order valence-electron chi connectivity index (χ0n) is 9.56. The molecule has 16 heavy (non-hydrogen) atoms. The largest absolute Gasteiger partial charge is 0.388 e. The Morgan fingerprint density at radius 3 is 2.69 bits per heavy atom. The molecule has 1 saturated heterocycles. The molecule has 1 N–H and O–H groups in total. The lowest BCUT2D eigenvalue weighted by Gasteiger charge is -2.32. The van der Waals surface area contributed by atoms with Gasteiger partial charge in [-0.3, -0.25) is 0 Å². The van der Waals surface area contributed by atoms with Crippen molar-refractivity contribution in [1.29, 1.82) is 0 Å². The molecule has 3 heteroatoms. The predicted molar refractivity (Wildman–Crippen MR) is 69.3 cm³/mol. The number of hydrogen-bond donors (Lipinski definition) is 1. The highest BCUT2D eigenvalue weighted by Gasteiger charge is 2.25. The first-order chi connectivity index (χ1) is 7.66. The van der Waals surface area contributed by atoms with Gasteiger partial charge in [-0.2, -0.15) is 0 Å². The standard InChI is InChI=1S/C13H18BrNO/c1-15-8-2-3-11(9-15)13(16)10-4-6-12(14)7-5-10/h4-7,11,13,16H,2-3,8-9H2,1H3. The Kier molecular flexibility index (Phi) is 4.00. The highest BCUT2D eigenvalue weighted by atomic mass is 79.9. The minimum atomic E-state index is -0.323. The first-order valence-electron chi connectivity index (χ1n) is 5.79. The normalized spacial score (nSPS) is 24.3. The summed E-state index contributed by atoms with van der Waals surface area (Å²) in [6.45, 7) is 2.15. The maximum Gasteiger partial charge on any atom is 0.0830 e. The van der Waals surface area contributed by atoms with Gasteiger partial charge < -0.3 is 10.0 Å². The summed E-state index contributed by atoms with van der Waals surface area (Å²) < 4.78 is 1.06. The van der Waals surface area contributed by atoms with E-state index in [9.17, 15) is 5.11 Å². The molecule has 2 rings (SSSR count). The maximum atomic E-state index is 10.3. The lowest BCUT2D eigenvalue weighted by atomic mass is 9.89. The molecule has 88 valence electrons. The zero-order valence-corrected chi connectivity index (χ0v) is 11.2. The van der Waals surface area contributed by atoms with Crippen LogP contribution in [0.25, 0.3) is 0 Å². The number of piperidine rings is 1. The molecular weight excluding hydrogens is 266 g/mol. The molecule has 2 unspecified atom stereocenters. The second-order valence-corrected chi connectivity index (χ2v) is 5.58. The van der Waals surface area contributed by atoms with Crippen LogP contribution in [0.1, 0.15) is 24.5 Å². The molecule has 0 bridgehead atoms. The first kappa shape index (κ1) is 12.1. The lowest BCUT2D eigenvalue weighted by Crippen LogP contribution is -2.35. The van der Waals surface area contributed by atoms with Crippen molar-refractivity contribution in [2.45, 2.75) is 18.9 Å². The molecule has 0 spiro atoms. The van der Waals surface area contributed by atoms with E-state index < -0.39 is 0 Å². The quantitative estimate of drug-likeness (QED) is 0.902. The minimum absolute atomic E-state index is 0.323. The predicted octanol–water partition coefficient (Wildman–Crippen LogP) is 2.82. The van der Waals surface area contributed by atoms with Crippen LogP contribution < -0.4 is 0 Å². The average Bonchev–Trinajstić information content (AvgIpc) is 2.29. The van der Waals surface area contributed by atoms with Gasteiger partial charge in [-0.05, 0) is 44.1 Å². The zero-order chi connectivity index (χ0) is 11.5. The smallest absolute Gasteiger partial charge is 0.0830 e. The SMILES string of the molecule is CN1CCCC(C(O)c2ccc(Br)cc2)C1. The van der Waals surface area contributed by atoms with Crippen molar-refractivity contribution in [3.63, 3.8) is 0 Å². The summed E-state index contributed by atoms with van der Waals surface area (Å²) >= 11 is 3.41. The van der Waals surface area contributed by atoms with E-state index in [0.717, 1.165) is 29.5 Å². The number of likely N-dealkylation sites (tertiary alicyclic amines) is 1. The monoisotopic (exact) mass is 283 g/mol. The van der Waals surface area contributed by atoms with E-state index in [-0.39, 0.29) is 6.10 Å². The summed E-state index contributed by atoms with van der Waals surface area (Å²) in [4.78, 5) is 2.30. The molecule has 1 aliphatic heterocycles. The molecule has 0 aliphatic carbocycles. The van der Waals surface area contributed by atoms with Crippen LogP contribution in [-0.2, 0) is 0 Å². The number of rotatable bonds is 2. The third kappa shape index (κ3) is 2.84. The summed E-state index contributed by atoms with van der Waals surface area (Å²) in [5, 5.41) is 10.3. The minimum Gasteiger partial charge on any atom is -0.388 e. The van der Waals surface area contributed by atoms with Gasteiger partial charge in [-0.15, -0.1) is 0 Å². The molecule has 0 radical (unpaired) electrons. The van der Waals surface area contributed by atoms with Crippen LogP contribution in [0.4, 0.5) is 0 Å². The van der Waals surface area contributed by atoms with E-state index >= 15 is 0 Å². The van der Waals surface area contributed by atoms with Crippen molar-refractivity contribution in [2.24, 2.45) is 5.92 Å².